The van der Waals surface area contributed by atoms with Crippen molar-refractivity contribution in [2.24, 2.45) is 0 Å². The van der Waals surface area contributed by atoms with E-state index in [9.17, 15) is 9.59 Å². The lowest BCUT2D eigenvalue weighted by Crippen LogP contribution is -2.45. The van der Waals surface area contributed by atoms with Gasteiger partial charge >= 0.3 is 0 Å². The summed E-state index contributed by atoms with van der Waals surface area (Å²) in [5, 5.41) is 0. The maximum Gasteiger partial charge on any atom is 0.270 e. The molecule has 1 unspecified atom stereocenters. The average molecular weight is 238 g/mol. The van der Waals surface area contributed by atoms with E-state index in [-0.39, 0.29) is 17.5 Å². The van der Waals surface area contributed by atoms with Gasteiger partial charge in [-0.25, -0.2) is 0 Å². The van der Waals surface area contributed by atoms with E-state index < -0.39 is 0 Å². The maximum atomic E-state index is 12.1. The van der Waals surface area contributed by atoms with Gasteiger partial charge in [-0.15, -0.1) is 0 Å². The molecule has 1 N–H and O–H groups in total. The van der Waals surface area contributed by atoms with Crippen LogP contribution >= 0.6 is 11.8 Å². The summed E-state index contributed by atoms with van der Waals surface area (Å²) in [5.74, 6) is 1.85. The van der Waals surface area contributed by atoms with Crippen LogP contribution in [0.5, 0.6) is 0 Å². The van der Waals surface area contributed by atoms with Gasteiger partial charge in [0.2, 0.25) is 5.56 Å². The van der Waals surface area contributed by atoms with Crippen LogP contribution in [0.15, 0.2) is 23.0 Å². The largest absolute Gasteiger partial charge is 0.333 e. The summed E-state index contributed by atoms with van der Waals surface area (Å²) >= 11 is 1.86. The van der Waals surface area contributed by atoms with Crippen molar-refractivity contribution in [3.63, 3.8) is 0 Å². The van der Waals surface area contributed by atoms with Gasteiger partial charge in [0.25, 0.3) is 5.91 Å². The Balaban J connectivity index is 2.21. The molecule has 1 aliphatic rings. The molecule has 0 radical (unpaired) electrons. The van der Waals surface area contributed by atoms with E-state index in [2.05, 4.69) is 4.98 Å². The van der Waals surface area contributed by atoms with Crippen LogP contribution in [-0.4, -0.2) is 39.9 Å². The van der Waals surface area contributed by atoms with Gasteiger partial charge in [-0.05, 0) is 13.0 Å². The molecule has 0 aromatic carbocycles. The van der Waals surface area contributed by atoms with Gasteiger partial charge in [-0.3, -0.25) is 9.59 Å². The van der Waals surface area contributed by atoms with E-state index in [4.69, 9.17) is 0 Å². The van der Waals surface area contributed by atoms with Gasteiger partial charge in [-0.2, -0.15) is 11.8 Å². The molecule has 5 heteroatoms. The van der Waals surface area contributed by atoms with E-state index >= 15 is 0 Å². The first-order valence-electron chi connectivity index (χ1n) is 5.26. The van der Waals surface area contributed by atoms with Crippen molar-refractivity contribution in [1.29, 1.82) is 0 Å². The van der Waals surface area contributed by atoms with Crippen LogP contribution in [0.25, 0.3) is 0 Å². The van der Waals surface area contributed by atoms with Crippen LogP contribution in [0.3, 0.4) is 0 Å². The topological polar surface area (TPSA) is 53.2 Å². The predicted molar refractivity (Wildman–Crippen MR) is 64.9 cm³/mol. The van der Waals surface area contributed by atoms with Crippen LogP contribution in [0.1, 0.15) is 17.4 Å². The summed E-state index contributed by atoms with van der Waals surface area (Å²) in [5.41, 5.74) is 0.149. The Kier molecular flexibility index (Phi) is 3.33. The van der Waals surface area contributed by atoms with E-state index in [1.165, 1.54) is 6.07 Å². The molecule has 2 heterocycles. The third kappa shape index (κ3) is 2.29. The number of nitrogens with zero attached hydrogens (tertiary/aromatic N) is 1. The van der Waals surface area contributed by atoms with Crippen molar-refractivity contribution in [3.8, 4) is 0 Å². The second kappa shape index (κ2) is 4.74. The number of thioether (sulfide) groups is 1. The fourth-order valence-electron chi connectivity index (χ4n) is 1.76. The van der Waals surface area contributed by atoms with Crippen molar-refractivity contribution < 1.29 is 4.79 Å². The fraction of sp³-hybridized carbons (Fsp3) is 0.455. The van der Waals surface area contributed by atoms with Crippen molar-refractivity contribution in [2.75, 3.05) is 18.1 Å². The lowest BCUT2D eigenvalue weighted by Gasteiger charge is -2.32. The average Bonchev–Trinajstić information content (AvgIpc) is 2.29. The maximum absolute atomic E-state index is 12.1. The number of amides is 1. The minimum Gasteiger partial charge on any atom is -0.333 e. The molecule has 1 saturated heterocycles. The Morgan fingerprint density at radius 3 is 3.06 bits per heavy atom. The van der Waals surface area contributed by atoms with Crippen molar-refractivity contribution >= 4 is 17.7 Å². The van der Waals surface area contributed by atoms with Crippen LogP contribution < -0.4 is 5.56 Å². The molecule has 0 bridgehead atoms. The highest BCUT2D eigenvalue weighted by atomic mass is 32.2. The molecular weight excluding hydrogens is 224 g/mol. The third-order valence-corrected chi connectivity index (χ3v) is 3.82. The highest BCUT2D eigenvalue weighted by molar-refractivity contribution is 7.99. The van der Waals surface area contributed by atoms with Gasteiger partial charge in [-0.1, -0.05) is 6.07 Å². The van der Waals surface area contributed by atoms with Gasteiger partial charge < -0.3 is 9.88 Å². The lowest BCUT2D eigenvalue weighted by molar-refractivity contribution is 0.0709. The summed E-state index contributed by atoms with van der Waals surface area (Å²) in [6.45, 7) is 2.78. The number of H-pyrrole nitrogens is 1. The minimum atomic E-state index is -0.232. The predicted octanol–water partition coefficient (Wildman–Crippen LogP) is 0.952. The molecule has 0 spiro atoms. The van der Waals surface area contributed by atoms with Crippen molar-refractivity contribution in [2.45, 2.75) is 13.0 Å². The molecule has 1 aromatic rings. The summed E-state index contributed by atoms with van der Waals surface area (Å²) in [4.78, 5) is 27.6. The molecule has 1 aliphatic heterocycles. The van der Waals surface area contributed by atoms with Crippen LogP contribution in [0.4, 0.5) is 0 Å². The Hall–Kier alpha value is -1.23. The highest BCUT2D eigenvalue weighted by Gasteiger charge is 2.24. The van der Waals surface area contributed by atoms with Gasteiger partial charge in [0.1, 0.15) is 5.69 Å². The monoisotopic (exact) mass is 238 g/mol. The molecule has 1 atom stereocenters. The van der Waals surface area contributed by atoms with Gasteiger partial charge in [0, 0.05) is 30.2 Å². The standard InChI is InChI=1S/C11H14N2O2S/c1-8-7-16-6-5-13(8)11(15)9-3-2-4-10(14)12-9/h2-4,8H,5-7H2,1H3,(H,12,14). The fourth-order valence-corrected chi connectivity index (χ4v) is 2.77. The molecule has 1 fully saturated rings. The third-order valence-electron chi connectivity index (χ3n) is 2.63. The quantitative estimate of drug-likeness (QED) is 0.792. The highest BCUT2D eigenvalue weighted by Crippen LogP contribution is 2.17. The van der Waals surface area contributed by atoms with Gasteiger partial charge in [0.05, 0.1) is 0 Å². The second-order valence-electron chi connectivity index (χ2n) is 3.85. The number of aromatic amines is 1. The number of carbonyl (C=O) groups excluding carboxylic acids is 1. The molecule has 4 nitrogen and oxygen atoms in total. The SMILES string of the molecule is CC1CSCCN1C(=O)c1cccc(=O)[nH]1. The van der Waals surface area contributed by atoms with E-state index in [1.54, 1.807) is 12.1 Å². The summed E-state index contributed by atoms with van der Waals surface area (Å²) in [6, 6.07) is 4.90. The molecule has 1 amide bonds. The first-order chi connectivity index (χ1) is 7.68. The number of pyridine rings is 1. The summed E-state index contributed by atoms with van der Waals surface area (Å²) in [6.07, 6.45) is 0. The van der Waals surface area contributed by atoms with Crippen molar-refractivity contribution in [1.82, 2.24) is 9.88 Å². The lowest BCUT2D eigenvalue weighted by atomic mass is 10.2. The van der Waals surface area contributed by atoms with E-state index in [0.29, 0.717) is 5.69 Å². The second-order valence-corrected chi connectivity index (χ2v) is 5.00. The first kappa shape index (κ1) is 11.3. The summed E-state index contributed by atoms with van der Waals surface area (Å²) < 4.78 is 0. The Labute approximate surface area is 98.0 Å². The molecule has 2 rings (SSSR count). The number of carbonyl (C=O) groups is 1. The van der Waals surface area contributed by atoms with Gasteiger partial charge in [0.15, 0.2) is 0 Å². The minimum absolute atomic E-state index is 0.0782. The Morgan fingerprint density at radius 2 is 2.38 bits per heavy atom. The number of aromatic nitrogens is 1. The molecule has 86 valence electrons. The zero-order valence-corrected chi connectivity index (χ0v) is 9.92. The smallest absolute Gasteiger partial charge is 0.270 e. The molecule has 1 aromatic heterocycles. The van der Waals surface area contributed by atoms with E-state index in [1.807, 2.05) is 23.6 Å². The molecule has 0 saturated carbocycles. The molecule has 16 heavy (non-hydrogen) atoms. The van der Waals surface area contributed by atoms with Crippen LogP contribution in [0, 0.1) is 0 Å². The van der Waals surface area contributed by atoms with Crippen LogP contribution in [0.2, 0.25) is 0 Å². The Bertz CT molecular complexity index is 444. The number of nitrogens with one attached hydrogen (secondary N) is 1. The van der Waals surface area contributed by atoms with E-state index in [0.717, 1.165) is 18.1 Å². The molecular formula is C11H14N2O2S. The first-order valence-corrected chi connectivity index (χ1v) is 6.42. The van der Waals surface area contributed by atoms with Crippen molar-refractivity contribution in [3.05, 3.63) is 34.2 Å². The number of hydrogen-bond acceptors (Lipinski definition) is 3. The number of hydrogen-bond donors (Lipinski definition) is 1. The Morgan fingerprint density at radius 1 is 1.56 bits per heavy atom. The normalized spacial score (nSPS) is 20.8. The number of rotatable bonds is 1. The zero-order chi connectivity index (χ0) is 11.5. The summed E-state index contributed by atoms with van der Waals surface area (Å²) in [7, 11) is 0. The van der Waals surface area contributed by atoms with Crippen LogP contribution in [-0.2, 0) is 0 Å². The molecule has 0 aliphatic carbocycles. The zero-order valence-electron chi connectivity index (χ0n) is 9.10.